The third-order valence-corrected chi connectivity index (χ3v) is 7.81. The van der Waals surface area contributed by atoms with E-state index in [-0.39, 0.29) is 17.9 Å². The van der Waals surface area contributed by atoms with Gasteiger partial charge in [-0.2, -0.15) is 0 Å². The third kappa shape index (κ3) is 6.68. The molecule has 0 radical (unpaired) electrons. The van der Waals surface area contributed by atoms with Gasteiger partial charge in [-0.3, -0.25) is 4.90 Å². The fourth-order valence-corrected chi connectivity index (χ4v) is 5.68. The highest BCUT2D eigenvalue weighted by molar-refractivity contribution is 7.80. The van der Waals surface area contributed by atoms with Crippen LogP contribution in [0, 0.1) is 5.82 Å². The zero-order chi connectivity index (χ0) is 26.3. The van der Waals surface area contributed by atoms with Gasteiger partial charge in [-0.25, -0.2) is 9.18 Å². The Morgan fingerprint density at radius 2 is 1.61 bits per heavy atom. The summed E-state index contributed by atoms with van der Waals surface area (Å²) in [7, 11) is 0. The van der Waals surface area contributed by atoms with E-state index in [1.165, 1.54) is 23.3 Å². The largest absolute Gasteiger partial charge is 0.361 e. The Labute approximate surface area is 229 Å². The molecule has 6 nitrogen and oxygen atoms in total. The van der Waals surface area contributed by atoms with Crippen LogP contribution in [0.4, 0.5) is 14.9 Å². The summed E-state index contributed by atoms with van der Waals surface area (Å²) in [6.07, 6.45) is 3.05. The number of hydrogen-bond acceptors (Lipinski definition) is 3. The maximum Gasteiger partial charge on any atom is 0.319 e. The van der Waals surface area contributed by atoms with Gasteiger partial charge in [0, 0.05) is 37.9 Å². The minimum atomic E-state index is -0.226. The molecule has 2 heterocycles. The van der Waals surface area contributed by atoms with Crippen molar-refractivity contribution in [1.29, 1.82) is 0 Å². The zero-order valence-electron chi connectivity index (χ0n) is 21.4. The number of carbonyl (C=O) groups excluding carboxylic acids is 1. The fourth-order valence-electron chi connectivity index (χ4n) is 5.38. The molecule has 198 valence electrons. The van der Waals surface area contributed by atoms with Crippen LogP contribution in [0.5, 0.6) is 0 Å². The normalized spacial score (nSPS) is 19.0. The van der Waals surface area contributed by atoms with E-state index in [9.17, 15) is 9.18 Å². The van der Waals surface area contributed by atoms with Crippen LogP contribution in [-0.2, 0) is 19.5 Å². The van der Waals surface area contributed by atoms with E-state index >= 15 is 0 Å². The minimum absolute atomic E-state index is 0.0466. The molecular formula is C30H34FN5OS. The van der Waals surface area contributed by atoms with Crippen LogP contribution in [0.1, 0.15) is 29.5 Å². The van der Waals surface area contributed by atoms with Crippen molar-refractivity contribution in [3.8, 4) is 0 Å². The molecule has 0 aliphatic carbocycles. The lowest BCUT2D eigenvalue weighted by molar-refractivity contribution is 0.232. The first kappa shape index (κ1) is 26.1. The Hall–Kier alpha value is -3.49. The van der Waals surface area contributed by atoms with Gasteiger partial charge in [0.25, 0.3) is 0 Å². The maximum atomic E-state index is 13.3. The summed E-state index contributed by atoms with van der Waals surface area (Å²) in [5, 5.41) is 10.2. The first-order valence-corrected chi connectivity index (χ1v) is 13.7. The number of carbonyl (C=O) groups is 1. The van der Waals surface area contributed by atoms with Gasteiger partial charge in [-0.1, -0.05) is 54.6 Å². The highest BCUT2D eigenvalue weighted by atomic mass is 32.1. The second-order valence-electron chi connectivity index (χ2n) is 10.0. The van der Waals surface area contributed by atoms with Crippen molar-refractivity contribution >= 4 is 29.0 Å². The van der Waals surface area contributed by atoms with E-state index in [0.29, 0.717) is 24.2 Å². The molecule has 3 aromatic rings. The molecule has 0 unspecified atom stereocenters. The second-order valence-corrected chi connectivity index (χ2v) is 10.4. The number of thiocarbonyl (C=S) groups is 1. The number of para-hydroxylation sites is 1. The number of nitrogens with one attached hydrogen (secondary N) is 3. The molecule has 1 fully saturated rings. The lowest BCUT2D eigenvalue weighted by Crippen LogP contribution is -2.54. The average Bonchev–Trinajstić information content (AvgIpc) is 3.38. The van der Waals surface area contributed by atoms with Crippen LogP contribution in [0.15, 0.2) is 78.9 Å². The predicted octanol–water partition coefficient (Wildman–Crippen LogP) is 4.91. The molecule has 2 aliphatic heterocycles. The highest BCUT2D eigenvalue weighted by Crippen LogP contribution is 2.24. The first-order chi connectivity index (χ1) is 18.5. The van der Waals surface area contributed by atoms with E-state index in [1.807, 2.05) is 42.5 Å². The quantitative estimate of drug-likeness (QED) is 0.378. The Balaban J connectivity index is 1.19. The molecule has 2 amide bonds. The number of hydrogen-bond donors (Lipinski definition) is 3. The van der Waals surface area contributed by atoms with E-state index in [4.69, 9.17) is 12.2 Å². The molecule has 0 spiro atoms. The maximum absolute atomic E-state index is 13.3. The van der Waals surface area contributed by atoms with E-state index < -0.39 is 0 Å². The highest BCUT2D eigenvalue weighted by Gasteiger charge is 2.30. The van der Waals surface area contributed by atoms with Gasteiger partial charge < -0.3 is 20.9 Å². The number of likely N-dealkylation sites (tertiary alicyclic amines) is 1. The van der Waals surface area contributed by atoms with Crippen LogP contribution in [0.25, 0.3) is 0 Å². The van der Waals surface area contributed by atoms with Gasteiger partial charge in [0.05, 0.1) is 6.04 Å². The molecule has 5 rings (SSSR count). The Bertz CT molecular complexity index is 1240. The smallest absolute Gasteiger partial charge is 0.319 e. The van der Waals surface area contributed by atoms with E-state index in [1.54, 1.807) is 0 Å². The minimum Gasteiger partial charge on any atom is -0.361 e. The molecule has 0 bridgehead atoms. The fraction of sp³-hybridized carbons (Fsp3) is 0.333. The van der Waals surface area contributed by atoms with Gasteiger partial charge in [0.1, 0.15) is 5.82 Å². The molecule has 3 aromatic carbocycles. The summed E-state index contributed by atoms with van der Waals surface area (Å²) in [4.78, 5) is 17.2. The van der Waals surface area contributed by atoms with Crippen molar-refractivity contribution in [1.82, 2.24) is 20.4 Å². The number of amides is 2. The lowest BCUT2D eigenvalue weighted by Gasteiger charge is -2.39. The summed E-state index contributed by atoms with van der Waals surface area (Å²) in [6.45, 7) is 3.77. The van der Waals surface area contributed by atoms with Gasteiger partial charge in [0.2, 0.25) is 0 Å². The summed E-state index contributed by atoms with van der Waals surface area (Å²) in [5.41, 5.74) is 4.44. The van der Waals surface area contributed by atoms with Gasteiger partial charge in [0.15, 0.2) is 5.11 Å². The van der Waals surface area contributed by atoms with Crippen LogP contribution in [-0.4, -0.2) is 52.7 Å². The Morgan fingerprint density at radius 3 is 2.39 bits per heavy atom. The SMILES string of the molecule is O=C(NC[C@@H]1Cc2ccccc2CN1C(=S)NC[C@H]1CCCN1Cc1ccc(F)cc1)Nc1ccccc1. The number of urea groups is 1. The van der Waals surface area contributed by atoms with Crippen molar-refractivity contribution in [2.75, 3.05) is 25.0 Å². The Kier molecular flexibility index (Phi) is 8.51. The second kappa shape index (κ2) is 12.4. The number of nitrogens with zero attached hydrogens (tertiary/aromatic N) is 2. The number of benzene rings is 3. The van der Waals surface area contributed by atoms with E-state index in [0.717, 1.165) is 50.1 Å². The molecule has 38 heavy (non-hydrogen) atoms. The summed E-state index contributed by atoms with van der Waals surface area (Å²) in [5.74, 6) is -0.205. The van der Waals surface area contributed by atoms with Crippen molar-refractivity contribution in [3.05, 3.63) is 101 Å². The standard InChI is InChI=1S/C30H34FN5OS/c31-25-14-12-22(13-15-25)20-35-16-6-11-27(35)18-33-30(38)36-21-24-8-5-4-7-23(24)17-28(36)19-32-29(37)34-26-9-2-1-3-10-26/h1-5,7-10,12-15,27-28H,6,11,16-21H2,(H,33,38)(H2,32,34,37)/t27-,28+/m1/s1. The molecule has 2 atom stereocenters. The van der Waals surface area contributed by atoms with Crippen LogP contribution in [0.2, 0.25) is 0 Å². The molecule has 3 N–H and O–H groups in total. The molecule has 8 heteroatoms. The van der Waals surface area contributed by atoms with Crippen molar-refractivity contribution in [3.63, 3.8) is 0 Å². The van der Waals surface area contributed by atoms with Crippen LogP contribution in [0.3, 0.4) is 0 Å². The van der Waals surface area contributed by atoms with E-state index in [2.05, 4.69) is 50.0 Å². The molecular weight excluding hydrogens is 497 g/mol. The number of rotatable bonds is 7. The monoisotopic (exact) mass is 531 g/mol. The number of anilines is 1. The molecule has 1 saturated heterocycles. The third-order valence-electron chi connectivity index (χ3n) is 7.43. The molecule has 0 saturated carbocycles. The molecule has 2 aliphatic rings. The van der Waals surface area contributed by atoms with Crippen molar-refractivity contribution in [2.45, 2.75) is 44.4 Å². The number of halogens is 1. The molecule has 0 aromatic heterocycles. The summed E-state index contributed by atoms with van der Waals surface area (Å²) < 4.78 is 13.3. The zero-order valence-corrected chi connectivity index (χ0v) is 22.2. The predicted molar refractivity (Wildman–Crippen MR) is 153 cm³/mol. The van der Waals surface area contributed by atoms with Crippen molar-refractivity contribution in [2.24, 2.45) is 0 Å². The summed E-state index contributed by atoms with van der Waals surface area (Å²) in [6, 6.07) is 24.8. The summed E-state index contributed by atoms with van der Waals surface area (Å²) >= 11 is 5.91. The van der Waals surface area contributed by atoms with Gasteiger partial charge >= 0.3 is 6.03 Å². The van der Waals surface area contributed by atoms with Gasteiger partial charge in [-0.15, -0.1) is 0 Å². The average molecular weight is 532 g/mol. The first-order valence-electron chi connectivity index (χ1n) is 13.2. The van der Waals surface area contributed by atoms with Crippen molar-refractivity contribution < 1.29 is 9.18 Å². The van der Waals surface area contributed by atoms with Gasteiger partial charge in [-0.05, 0) is 79.0 Å². The van der Waals surface area contributed by atoms with Crippen LogP contribution >= 0.6 is 12.2 Å². The number of fused-ring (bicyclic) bond motifs is 1. The van der Waals surface area contributed by atoms with Crippen LogP contribution < -0.4 is 16.0 Å². The lowest BCUT2D eigenvalue weighted by atomic mass is 9.94. The topological polar surface area (TPSA) is 59.6 Å². The Morgan fingerprint density at radius 1 is 0.895 bits per heavy atom.